The Morgan fingerprint density at radius 2 is 2.36 bits per heavy atom. The molecule has 1 saturated heterocycles. The van der Waals surface area contributed by atoms with Gasteiger partial charge in [-0.3, -0.25) is 4.79 Å². The highest BCUT2D eigenvalue weighted by atomic mass is 16.6. The third kappa shape index (κ3) is 3.60. The summed E-state index contributed by atoms with van der Waals surface area (Å²) in [6, 6.07) is 0. The van der Waals surface area contributed by atoms with Crippen molar-refractivity contribution in [1.82, 2.24) is 0 Å². The van der Waals surface area contributed by atoms with Gasteiger partial charge in [0.15, 0.2) is 5.78 Å². The molecule has 1 rings (SSSR count). The van der Waals surface area contributed by atoms with Crippen LogP contribution < -0.4 is 0 Å². The first-order valence-electron chi connectivity index (χ1n) is 5.00. The van der Waals surface area contributed by atoms with Crippen LogP contribution in [0.2, 0.25) is 0 Å². The summed E-state index contributed by atoms with van der Waals surface area (Å²) in [7, 11) is 0. The minimum Gasteiger partial charge on any atom is -0.376 e. The highest BCUT2D eigenvalue weighted by molar-refractivity contribution is 6.01. The number of allylic oxidation sites excluding steroid dienone is 1. The summed E-state index contributed by atoms with van der Waals surface area (Å²) in [5.74, 6) is -0.0117. The third-order valence-corrected chi connectivity index (χ3v) is 2.08. The first-order chi connectivity index (χ1) is 6.74. The van der Waals surface area contributed by atoms with Gasteiger partial charge in [0.1, 0.15) is 0 Å². The van der Waals surface area contributed by atoms with Crippen molar-refractivity contribution in [3.05, 3.63) is 18.6 Å². The normalized spacial score (nSPS) is 21.9. The standard InChI is InChI=1S/C11H17O3/c1-3-4-9(2)11(12)7-10-8-13-5-6-14-10/h7,10H,2-6,8H2,1H3. The number of carbonyl (C=O) groups excluding carboxylic acids is 1. The minimum atomic E-state index is -0.190. The summed E-state index contributed by atoms with van der Waals surface area (Å²) in [4.78, 5) is 11.5. The zero-order valence-corrected chi connectivity index (χ0v) is 8.62. The maximum absolute atomic E-state index is 11.5. The molecule has 3 heteroatoms. The van der Waals surface area contributed by atoms with Gasteiger partial charge in [-0.2, -0.15) is 0 Å². The van der Waals surface area contributed by atoms with Gasteiger partial charge in [0.25, 0.3) is 0 Å². The van der Waals surface area contributed by atoms with Gasteiger partial charge in [0.05, 0.1) is 32.3 Å². The molecule has 1 aliphatic rings. The fourth-order valence-corrected chi connectivity index (χ4v) is 1.31. The van der Waals surface area contributed by atoms with Crippen LogP contribution in [-0.4, -0.2) is 31.7 Å². The van der Waals surface area contributed by atoms with Gasteiger partial charge in [0.2, 0.25) is 0 Å². The summed E-state index contributed by atoms with van der Waals surface area (Å²) in [5.41, 5.74) is 0.654. The summed E-state index contributed by atoms with van der Waals surface area (Å²) in [6.45, 7) is 7.42. The Labute approximate surface area is 85.1 Å². The number of carbonyl (C=O) groups is 1. The zero-order chi connectivity index (χ0) is 10.4. The second kappa shape index (κ2) is 5.94. The lowest BCUT2D eigenvalue weighted by atomic mass is 10.0. The van der Waals surface area contributed by atoms with Gasteiger partial charge in [-0.15, -0.1) is 0 Å². The minimum absolute atomic E-state index is 0.0117. The predicted octanol–water partition coefficient (Wildman–Crippen LogP) is 1.53. The van der Waals surface area contributed by atoms with Crippen LogP contribution in [0.3, 0.4) is 0 Å². The van der Waals surface area contributed by atoms with E-state index in [1.54, 1.807) is 6.42 Å². The van der Waals surface area contributed by atoms with E-state index in [0.717, 1.165) is 12.8 Å². The van der Waals surface area contributed by atoms with Crippen LogP contribution >= 0.6 is 0 Å². The van der Waals surface area contributed by atoms with Crippen molar-refractivity contribution in [2.45, 2.75) is 25.9 Å². The van der Waals surface area contributed by atoms with E-state index in [0.29, 0.717) is 25.4 Å². The Kier molecular flexibility index (Phi) is 4.84. The molecule has 1 fully saturated rings. The first-order valence-corrected chi connectivity index (χ1v) is 5.00. The fraction of sp³-hybridized carbons (Fsp3) is 0.636. The smallest absolute Gasteiger partial charge is 0.164 e. The monoisotopic (exact) mass is 197 g/mol. The van der Waals surface area contributed by atoms with Crippen LogP contribution in [0.4, 0.5) is 0 Å². The molecule has 0 aromatic carbocycles. The molecule has 1 heterocycles. The molecule has 1 aliphatic heterocycles. The van der Waals surface area contributed by atoms with E-state index >= 15 is 0 Å². The van der Waals surface area contributed by atoms with E-state index in [9.17, 15) is 4.79 Å². The number of Topliss-reactive ketones (excluding diaryl/α,β-unsaturated/α-hetero) is 1. The number of ketones is 1. The van der Waals surface area contributed by atoms with Gasteiger partial charge in [-0.05, 0) is 12.0 Å². The van der Waals surface area contributed by atoms with E-state index in [1.165, 1.54) is 0 Å². The fourth-order valence-electron chi connectivity index (χ4n) is 1.31. The molecule has 1 radical (unpaired) electrons. The zero-order valence-electron chi connectivity index (χ0n) is 8.62. The van der Waals surface area contributed by atoms with Crippen molar-refractivity contribution in [1.29, 1.82) is 0 Å². The molecular formula is C11H17O3. The molecule has 1 unspecified atom stereocenters. The van der Waals surface area contributed by atoms with E-state index in [-0.39, 0.29) is 11.9 Å². The molecule has 79 valence electrons. The molecule has 1 atom stereocenters. The molecule has 0 amide bonds. The second-order valence-corrected chi connectivity index (χ2v) is 3.37. The Hall–Kier alpha value is -0.670. The lowest BCUT2D eigenvalue weighted by molar-refractivity contribution is -0.118. The molecule has 0 aromatic rings. The summed E-state index contributed by atoms with van der Waals surface area (Å²) < 4.78 is 10.5. The van der Waals surface area contributed by atoms with Gasteiger partial charge < -0.3 is 9.47 Å². The third-order valence-electron chi connectivity index (χ3n) is 2.08. The van der Waals surface area contributed by atoms with E-state index in [2.05, 4.69) is 6.58 Å². The van der Waals surface area contributed by atoms with Crippen molar-refractivity contribution in [2.75, 3.05) is 19.8 Å². The lowest BCUT2D eigenvalue weighted by Gasteiger charge is -2.22. The average Bonchev–Trinajstić information content (AvgIpc) is 2.19. The number of rotatable bonds is 5. The Morgan fingerprint density at radius 1 is 1.57 bits per heavy atom. The summed E-state index contributed by atoms with van der Waals surface area (Å²) in [5, 5.41) is 0. The lowest BCUT2D eigenvalue weighted by Crippen LogP contribution is -2.31. The van der Waals surface area contributed by atoms with Crippen LogP contribution in [0.5, 0.6) is 0 Å². The van der Waals surface area contributed by atoms with Crippen LogP contribution in [-0.2, 0) is 14.3 Å². The van der Waals surface area contributed by atoms with Crippen molar-refractivity contribution < 1.29 is 14.3 Å². The van der Waals surface area contributed by atoms with Crippen molar-refractivity contribution in [3.63, 3.8) is 0 Å². The molecule has 0 saturated carbocycles. The van der Waals surface area contributed by atoms with Crippen molar-refractivity contribution in [3.8, 4) is 0 Å². The van der Waals surface area contributed by atoms with Crippen LogP contribution in [0.25, 0.3) is 0 Å². The second-order valence-electron chi connectivity index (χ2n) is 3.37. The number of hydrogen-bond donors (Lipinski definition) is 0. The topological polar surface area (TPSA) is 35.5 Å². The Morgan fingerprint density at radius 3 is 2.93 bits per heavy atom. The Balaban J connectivity index is 2.28. The number of hydrogen-bond acceptors (Lipinski definition) is 3. The maximum Gasteiger partial charge on any atom is 0.164 e. The molecule has 0 aliphatic carbocycles. The van der Waals surface area contributed by atoms with Crippen LogP contribution in [0.15, 0.2) is 12.2 Å². The van der Waals surface area contributed by atoms with Crippen LogP contribution in [0.1, 0.15) is 19.8 Å². The van der Waals surface area contributed by atoms with Crippen molar-refractivity contribution >= 4 is 5.78 Å². The molecule has 0 spiro atoms. The largest absolute Gasteiger partial charge is 0.376 e. The van der Waals surface area contributed by atoms with E-state index in [1.807, 2.05) is 6.92 Å². The summed E-state index contributed by atoms with van der Waals surface area (Å²) >= 11 is 0. The predicted molar refractivity (Wildman–Crippen MR) is 53.9 cm³/mol. The highest BCUT2D eigenvalue weighted by Crippen LogP contribution is 2.10. The quantitative estimate of drug-likeness (QED) is 0.627. The average molecular weight is 197 g/mol. The van der Waals surface area contributed by atoms with Crippen molar-refractivity contribution in [2.24, 2.45) is 0 Å². The molecular weight excluding hydrogens is 180 g/mol. The SMILES string of the molecule is C=C(CCC)C(=O)[CH]C1COCCO1. The van der Waals surface area contributed by atoms with Gasteiger partial charge in [-0.25, -0.2) is 0 Å². The number of ether oxygens (including phenoxy) is 2. The molecule has 14 heavy (non-hydrogen) atoms. The molecule has 3 nitrogen and oxygen atoms in total. The van der Waals surface area contributed by atoms with Gasteiger partial charge >= 0.3 is 0 Å². The molecule has 0 N–H and O–H groups in total. The van der Waals surface area contributed by atoms with E-state index < -0.39 is 0 Å². The van der Waals surface area contributed by atoms with E-state index in [4.69, 9.17) is 9.47 Å². The molecule has 0 aromatic heterocycles. The van der Waals surface area contributed by atoms with Gasteiger partial charge in [-0.1, -0.05) is 19.9 Å². The highest BCUT2D eigenvalue weighted by Gasteiger charge is 2.19. The van der Waals surface area contributed by atoms with Crippen LogP contribution in [0, 0.1) is 6.42 Å². The Bertz CT molecular complexity index is 205. The summed E-state index contributed by atoms with van der Waals surface area (Å²) in [6.07, 6.45) is 3.07. The maximum atomic E-state index is 11.5. The molecule has 0 bridgehead atoms. The first kappa shape index (κ1) is 11.4. The van der Waals surface area contributed by atoms with Gasteiger partial charge in [0, 0.05) is 0 Å².